The highest BCUT2D eigenvalue weighted by Crippen LogP contribution is 2.39. The number of amides is 1. The van der Waals surface area contributed by atoms with Crippen LogP contribution in [0.5, 0.6) is 0 Å². The summed E-state index contributed by atoms with van der Waals surface area (Å²) in [5, 5.41) is 8.55. The third kappa shape index (κ3) is 1.14. The Morgan fingerprint density at radius 2 is 2.46 bits per heavy atom. The fourth-order valence-electron chi connectivity index (χ4n) is 1.52. The average molecular weight is 199 g/mol. The Hall–Kier alpha value is -0.970. The van der Waals surface area contributed by atoms with Crippen LogP contribution in [0, 0.1) is 5.92 Å². The molecule has 1 N–H and O–H groups in total. The van der Waals surface area contributed by atoms with Crippen LogP contribution in [0.25, 0.3) is 0 Å². The largest absolute Gasteiger partial charge is 0.481 e. The van der Waals surface area contributed by atoms with Crippen molar-refractivity contribution in [1.29, 1.82) is 0 Å². The Kier molecular flexibility index (Phi) is 1.83. The first-order valence-electron chi connectivity index (χ1n) is 3.95. The summed E-state index contributed by atoms with van der Waals surface area (Å²) in [5.74, 6) is -1.30. The van der Waals surface area contributed by atoms with Gasteiger partial charge in [-0.15, -0.1) is 11.8 Å². The van der Waals surface area contributed by atoms with Gasteiger partial charge in [-0.3, -0.25) is 9.59 Å². The van der Waals surface area contributed by atoms with Crippen molar-refractivity contribution in [2.45, 2.75) is 12.3 Å². The van der Waals surface area contributed by atoms with Crippen molar-refractivity contribution in [3.8, 4) is 0 Å². The molecule has 0 aromatic rings. The highest BCUT2D eigenvalue weighted by atomic mass is 32.2. The molecule has 0 saturated carbocycles. The average Bonchev–Trinajstić information content (AvgIpc) is 2.06. The van der Waals surface area contributed by atoms with Gasteiger partial charge in [0.15, 0.2) is 5.92 Å². The predicted molar refractivity (Wildman–Crippen MR) is 48.0 cm³/mol. The predicted octanol–water partition coefficient (Wildman–Crippen LogP) is 0.506. The molecule has 1 saturated heterocycles. The maximum atomic E-state index is 11.3. The van der Waals surface area contributed by atoms with E-state index in [1.54, 1.807) is 6.20 Å². The van der Waals surface area contributed by atoms with Crippen molar-refractivity contribution in [3.63, 3.8) is 0 Å². The molecule has 2 atom stereocenters. The van der Waals surface area contributed by atoms with Crippen molar-refractivity contribution in [2.75, 3.05) is 5.75 Å². The lowest BCUT2D eigenvalue weighted by molar-refractivity contribution is -0.161. The van der Waals surface area contributed by atoms with Crippen molar-refractivity contribution in [2.24, 2.45) is 5.92 Å². The third-order valence-corrected chi connectivity index (χ3v) is 3.65. The molecule has 0 aromatic heterocycles. The first-order valence-corrected chi connectivity index (χ1v) is 5.00. The molecule has 2 aliphatic rings. The Morgan fingerprint density at radius 3 is 3.08 bits per heavy atom. The van der Waals surface area contributed by atoms with Crippen LogP contribution in [0.15, 0.2) is 11.8 Å². The molecule has 1 fully saturated rings. The van der Waals surface area contributed by atoms with E-state index < -0.39 is 11.9 Å². The van der Waals surface area contributed by atoms with E-state index in [1.807, 2.05) is 6.92 Å². The monoisotopic (exact) mass is 199 g/mol. The van der Waals surface area contributed by atoms with E-state index in [4.69, 9.17) is 5.11 Å². The Morgan fingerprint density at radius 1 is 1.77 bits per heavy atom. The summed E-state index contributed by atoms with van der Waals surface area (Å²) in [6, 6.07) is 0. The van der Waals surface area contributed by atoms with Crippen LogP contribution in [0.1, 0.15) is 6.92 Å². The van der Waals surface area contributed by atoms with E-state index in [-0.39, 0.29) is 11.3 Å². The maximum absolute atomic E-state index is 11.3. The highest BCUT2D eigenvalue weighted by Gasteiger charge is 2.52. The molecule has 0 aromatic carbocycles. The maximum Gasteiger partial charge on any atom is 0.319 e. The van der Waals surface area contributed by atoms with Gasteiger partial charge in [0, 0.05) is 12.0 Å². The van der Waals surface area contributed by atoms with Crippen molar-refractivity contribution in [3.05, 3.63) is 11.8 Å². The van der Waals surface area contributed by atoms with Gasteiger partial charge < -0.3 is 10.0 Å². The normalized spacial score (nSPS) is 31.9. The second-order valence-electron chi connectivity index (χ2n) is 3.24. The molecule has 0 spiro atoms. The zero-order valence-electron chi connectivity index (χ0n) is 7.06. The van der Waals surface area contributed by atoms with Crippen LogP contribution in [-0.2, 0) is 9.59 Å². The fourth-order valence-corrected chi connectivity index (χ4v) is 2.78. The summed E-state index contributed by atoms with van der Waals surface area (Å²) in [6.45, 7) is 1.94. The van der Waals surface area contributed by atoms with E-state index in [9.17, 15) is 9.59 Å². The van der Waals surface area contributed by atoms with E-state index in [0.717, 1.165) is 11.3 Å². The van der Waals surface area contributed by atoms with Gasteiger partial charge in [-0.2, -0.15) is 0 Å². The summed E-state index contributed by atoms with van der Waals surface area (Å²) >= 11 is 1.52. The van der Waals surface area contributed by atoms with Gasteiger partial charge in [0.2, 0.25) is 5.91 Å². The summed E-state index contributed by atoms with van der Waals surface area (Å²) in [6.07, 6.45) is 1.75. The van der Waals surface area contributed by atoms with Gasteiger partial charge in [-0.1, -0.05) is 0 Å². The minimum atomic E-state index is -1.01. The van der Waals surface area contributed by atoms with Gasteiger partial charge in [-0.25, -0.2) is 0 Å². The molecule has 1 amide bonds. The SMILES string of the molecule is CC1=CN2C(=O)C(C(=O)O)[C@@H]2SC1. The molecule has 0 bridgehead atoms. The number of rotatable bonds is 1. The van der Waals surface area contributed by atoms with Crippen LogP contribution in [0.4, 0.5) is 0 Å². The van der Waals surface area contributed by atoms with Crippen molar-refractivity contribution < 1.29 is 14.7 Å². The third-order valence-electron chi connectivity index (χ3n) is 2.19. The van der Waals surface area contributed by atoms with Crippen molar-refractivity contribution >= 4 is 23.6 Å². The standard InChI is InChI=1S/C8H9NO3S/c1-4-2-9-6(10)5(8(11)12)7(9)13-3-4/h2,5,7H,3H2,1H3,(H,11,12)/t5?,7-/m0/s1. The number of hydrogen-bond donors (Lipinski definition) is 1. The lowest BCUT2D eigenvalue weighted by Crippen LogP contribution is -2.60. The number of β-lactam (4-membered cyclic amide) rings is 1. The number of carbonyl (C=O) groups is 2. The van der Waals surface area contributed by atoms with E-state index in [1.165, 1.54) is 16.7 Å². The molecule has 2 rings (SSSR count). The molecule has 1 unspecified atom stereocenters. The Bertz CT molecular complexity index is 313. The van der Waals surface area contributed by atoms with E-state index in [0.29, 0.717) is 0 Å². The first kappa shape index (κ1) is 8.62. The van der Waals surface area contributed by atoms with Crippen LogP contribution >= 0.6 is 11.8 Å². The number of nitrogens with zero attached hydrogens (tertiary/aromatic N) is 1. The second kappa shape index (κ2) is 2.77. The van der Waals surface area contributed by atoms with Gasteiger partial charge in [0.25, 0.3) is 0 Å². The molecule has 5 heteroatoms. The molecule has 0 radical (unpaired) electrons. The minimum absolute atomic E-state index is 0.173. The molecule has 2 heterocycles. The van der Waals surface area contributed by atoms with Gasteiger partial charge >= 0.3 is 5.97 Å². The molecule has 2 aliphatic heterocycles. The number of carbonyl (C=O) groups excluding carboxylic acids is 1. The number of aliphatic carboxylic acids is 1. The van der Waals surface area contributed by atoms with Crippen LogP contribution in [-0.4, -0.2) is 33.0 Å². The lowest BCUT2D eigenvalue weighted by atomic mass is 9.98. The van der Waals surface area contributed by atoms with Crippen LogP contribution < -0.4 is 0 Å². The molecular weight excluding hydrogens is 190 g/mol. The molecule has 0 aliphatic carbocycles. The zero-order chi connectivity index (χ0) is 9.59. The Labute approximate surface area is 79.6 Å². The Balaban J connectivity index is 2.19. The van der Waals surface area contributed by atoms with Gasteiger partial charge in [0.1, 0.15) is 5.37 Å². The topological polar surface area (TPSA) is 57.6 Å². The number of carboxylic acid groups (broad SMARTS) is 1. The number of hydrogen-bond acceptors (Lipinski definition) is 3. The first-order chi connectivity index (χ1) is 6.11. The molecule has 13 heavy (non-hydrogen) atoms. The number of carboxylic acids is 1. The molecule has 4 nitrogen and oxygen atoms in total. The summed E-state index contributed by atoms with van der Waals surface area (Å²) in [7, 11) is 0. The summed E-state index contributed by atoms with van der Waals surface area (Å²) in [5.41, 5.74) is 1.11. The minimum Gasteiger partial charge on any atom is -0.481 e. The summed E-state index contributed by atoms with van der Waals surface area (Å²) < 4.78 is 0. The quantitative estimate of drug-likeness (QED) is 0.493. The number of fused-ring (bicyclic) bond motifs is 1. The fraction of sp³-hybridized carbons (Fsp3) is 0.500. The zero-order valence-corrected chi connectivity index (χ0v) is 7.87. The van der Waals surface area contributed by atoms with E-state index >= 15 is 0 Å². The van der Waals surface area contributed by atoms with Crippen LogP contribution in [0.3, 0.4) is 0 Å². The lowest BCUT2D eigenvalue weighted by Gasteiger charge is -2.45. The highest BCUT2D eigenvalue weighted by molar-refractivity contribution is 8.00. The van der Waals surface area contributed by atoms with Gasteiger partial charge in [0.05, 0.1) is 0 Å². The second-order valence-corrected chi connectivity index (χ2v) is 4.34. The summed E-state index contributed by atoms with van der Waals surface area (Å²) in [4.78, 5) is 23.4. The smallest absolute Gasteiger partial charge is 0.319 e. The van der Waals surface area contributed by atoms with Crippen molar-refractivity contribution in [1.82, 2.24) is 4.90 Å². The molecule has 70 valence electrons. The van der Waals surface area contributed by atoms with E-state index in [2.05, 4.69) is 0 Å². The molecular formula is C8H9NO3S. The van der Waals surface area contributed by atoms with Gasteiger partial charge in [-0.05, 0) is 12.5 Å². The number of thioether (sulfide) groups is 1. The van der Waals surface area contributed by atoms with Crippen LogP contribution in [0.2, 0.25) is 0 Å².